The van der Waals surface area contributed by atoms with Gasteiger partial charge in [-0.25, -0.2) is 0 Å². The van der Waals surface area contributed by atoms with Gasteiger partial charge in [0.15, 0.2) is 0 Å². The smallest absolute Gasteiger partial charge is 0.0781 e. The fraction of sp³-hybridized carbons (Fsp3) is 0.571. The second-order valence-corrected chi connectivity index (χ2v) is 7.10. The summed E-state index contributed by atoms with van der Waals surface area (Å²) in [7, 11) is 0. The van der Waals surface area contributed by atoms with Crippen LogP contribution in [0.25, 0.3) is 0 Å². The largest absolute Gasteiger partial charge is 0.308 e. The van der Waals surface area contributed by atoms with Crippen LogP contribution >= 0.6 is 46.6 Å². The van der Waals surface area contributed by atoms with Crippen LogP contribution in [0.2, 0.25) is 15.1 Å². The second-order valence-electron chi connectivity index (χ2n) is 4.54. The van der Waals surface area contributed by atoms with Crippen LogP contribution in [0.1, 0.15) is 38.8 Å². The van der Waals surface area contributed by atoms with E-state index in [0.29, 0.717) is 21.1 Å². The lowest BCUT2D eigenvalue weighted by Crippen LogP contribution is -2.29. The van der Waals surface area contributed by atoms with Crippen LogP contribution in [0.15, 0.2) is 12.1 Å². The van der Waals surface area contributed by atoms with Crippen molar-refractivity contribution in [3.05, 3.63) is 32.8 Å². The van der Waals surface area contributed by atoms with E-state index in [-0.39, 0.29) is 6.04 Å². The zero-order valence-electron chi connectivity index (χ0n) is 11.5. The maximum absolute atomic E-state index is 6.24. The Hall–Kier alpha value is 0.400. The Balaban J connectivity index is 2.63. The van der Waals surface area contributed by atoms with E-state index >= 15 is 0 Å². The lowest BCUT2D eigenvalue weighted by Gasteiger charge is -2.21. The molecule has 0 saturated carbocycles. The van der Waals surface area contributed by atoms with Crippen molar-refractivity contribution in [2.45, 2.75) is 39.3 Å². The number of rotatable bonds is 7. The first kappa shape index (κ1) is 17.5. The van der Waals surface area contributed by atoms with Crippen molar-refractivity contribution in [2.75, 3.05) is 11.5 Å². The minimum Gasteiger partial charge on any atom is -0.308 e. The van der Waals surface area contributed by atoms with Crippen molar-refractivity contribution in [3.8, 4) is 0 Å². The van der Waals surface area contributed by atoms with Gasteiger partial charge in [-0.05, 0) is 43.4 Å². The zero-order valence-corrected chi connectivity index (χ0v) is 14.6. The first-order valence-corrected chi connectivity index (χ1v) is 8.73. The average Bonchev–Trinajstić information content (AvgIpc) is 2.36. The van der Waals surface area contributed by atoms with Crippen LogP contribution in [-0.2, 0) is 0 Å². The van der Waals surface area contributed by atoms with Gasteiger partial charge in [0.1, 0.15) is 0 Å². The SMILES string of the molecule is CCSCCC(C)NC(C)c1ccc(Cl)c(Cl)c1Cl. The molecule has 0 spiro atoms. The number of nitrogens with one attached hydrogen (secondary N) is 1. The van der Waals surface area contributed by atoms with Crippen LogP contribution in [0.4, 0.5) is 0 Å². The molecule has 2 unspecified atom stereocenters. The van der Waals surface area contributed by atoms with Crippen LogP contribution in [0, 0.1) is 0 Å². The van der Waals surface area contributed by atoms with Gasteiger partial charge in [-0.1, -0.05) is 47.8 Å². The third kappa shape index (κ3) is 5.35. The maximum atomic E-state index is 6.24. The number of thioether (sulfide) groups is 1. The fourth-order valence-electron chi connectivity index (χ4n) is 1.88. The summed E-state index contributed by atoms with van der Waals surface area (Å²) in [6.07, 6.45) is 1.14. The van der Waals surface area contributed by atoms with E-state index in [4.69, 9.17) is 34.8 Å². The molecular weight excluding hydrogens is 321 g/mol. The lowest BCUT2D eigenvalue weighted by molar-refractivity contribution is 0.472. The van der Waals surface area contributed by atoms with E-state index in [1.807, 2.05) is 17.8 Å². The molecule has 1 aromatic carbocycles. The molecule has 0 amide bonds. The van der Waals surface area contributed by atoms with Gasteiger partial charge in [0.25, 0.3) is 0 Å². The molecule has 0 bridgehead atoms. The van der Waals surface area contributed by atoms with Gasteiger partial charge in [-0.3, -0.25) is 0 Å². The maximum Gasteiger partial charge on any atom is 0.0781 e. The third-order valence-electron chi connectivity index (χ3n) is 2.97. The Labute approximate surface area is 135 Å². The zero-order chi connectivity index (χ0) is 14.4. The van der Waals surface area contributed by atoms with Gasteiger partial charge in [-0.2, -0.15) is 11.8 Å². The molecule has 0 saturated heterocycles. The minimum absolute atomic E-state index is 0.156. The van der Waals surface area contributed by atoms with Gasteiger partial charge < -0.3 is 5.32 Å². The molecule has 1 nitrogen and oxygen atoms in total. The Kier molecular flexibility index (Phi) is 7.93. The number of benzene rings is 1. The summed E-state index contributed by atoms with van der Waals surface area (Å²) in [4.78, 5) is 0. The summed E-state index contributed by atoms with van der Waals surface area (Å²) in [5, 5.41) is 5.02. The molecular formula is C14H20Cl3NS. The normalized spacial score (nSPS) is 14.4. The van der Waals surface area contributed by atoms with E-state index in [2.05, 4.69) is 26.1 Å². The lowest BCUT2D eigenvalue weighted by atomic mass is 10.1. The van der Waals surface area contributed by atoms with Crippen LogP contribution in [0.5, 0.6) is 0 Å². The van der Waals surface area contributed by atoms with E-state index in [9.17, 15) is 0 Å². The van der Waals surface area contributed by atoms with Gasteiger partial charge >= 0.3 is 0 Å². The van der Waals surface area contributed by atoms with Crippen molar-refractivity contribution in [1.29, 1.82) is 0 Å². The number of halogens is 3. The predicted molar refractivity (Wildman–Crippen MR) is 90.1 cm³/mol. The van der Waals surface area contributed by atoms with Crippen LogP contribution < -0.4 is 5.32 Å². The van der Waals surface area contributed by atoms with Crippen LogP contribution in [-0.4, -0.2) is 17.5 Å². The Morgan fingerprint density at radius 2 is 1.84 bits per heavy atom. The highest BCUT2D eigenvalue weighted by atomic mass is 35.5. The molecule has 5 heteroatoms. The van der Waals surface area contributed by atoms with Crippen molar-refractivity contribution in [3.63, 3.8) is 0 Å². The monoisotopic (exact) mass is 339 g/mol. The van der Waals surface area contributed by atoms with E-state index < -0.39 is 0 Å². The summed E-state index contributed by atoms with van der Waals surface area (Å²) in [6, 6.07) is 4.33. The second kappa shape index (κ2) is 8.63. The Morgan fingerprint density at radius 1 is 1.16 bits per heavy atom. The average molecular weight is 341 g/mol. The quantitative estimate of drug-likeness (QED) is 0.495. The highest BCUT2D eigenvalue weighted by molar-refractivity contribution is 7.99. The molecule has 0 aliphatic rings. The fourth-order valence-corrected chi connectivity index (χ4v) is 3.39. The molecule has 1 aromatic rings. The topological polar surface area (TPSA) is 12.0 Å². The molecule has 0 aliphatic heterocycles. The highest BCUT2D eigenvalue weighted by Crippen LogP contribution is 2.35. The van der Waals surface area contributed by atoms with Gasteiger partial charge in [0, 0.05) is 12.1 Å². The molecule has 0 fully saturated rings. The Bertz CT molecular complexity index is 412. The van der Waals surface area contributed by atoms with Gasteiger partial charge in [0.05, 0.1) is 15.1 Å². The summed E-state index contributed by atoms with van der Waals surface area (Å²) in [5.74, 6) is 2.34. The molecule has 108 valence electrons. The van der Waals surface area contributed by atoms with Gasteiger partial charge in [0.2, 0.25) is 0 Å². The molecule has 0 heterocycles. The first-order valence-electron chi connectivity index (χ1n) is 6.44. The molecule has 19 heavy (non-hydrogen) atoms. The number of hydrogen-bond acceptors (Lipinski definition) is 2. The standard InChI is InChI=1S/C14H20Cl3NS/c1-4-19-8-7-9(2)18-10(3)11-5-6-12(15)14(17)13(11)16/h5-6,9-10,18H,4,7-8H2,1-3H3. The molecule has 2 atom stereocenters. The van der Waals surface area contributed by atoms with E-state index in [1.54, 1.807) is 6.07 Å². The van der Waals surface area contributed by atoms with Crippen molar-refractivity contribution in [1.82, 2.24) is 5.32 Å². The van der Waals surface area contributed by atoms with Gasteiger partial charge in [-0.15, -0.1) is 0 Å². The van der Waals surface area contributed by atoms with E-state index in [1.165, 1.54) is 11.5 Å². The molecule has 0 aromatic heterocycles. The summed E-state index contributed by atoms with van der Waals surface area (Å²) < 4.78 is 0. The van der Waals surface area contributed by atoms with Crippen LogP contribution in [0.3, 0.4) is 0 Å². The van der Waals surface area contributed by atoms with E-state index in [0.717, 1.165) is 12.0 Å². The van der Waals surface area contributed by atoms with Crippen molar-refractivity contribution >= 4 is 46.6 Å². The number of hydrogen-bond donors (Lipinski definition) is 1. The predicted octanol–water partition coefficient (Wildman–Crippen LogP) is 5.83. The Morgan fingerprint density at radius 3 is 2.47 bits per heavy atom. The van der Waals surface area contributed by atoms with Crippen molar-refractivity contribution < 1.29 is 0 Å². The van der Waals surface area contributed by atoms with Crippen molar-refractivity contribution in [2.24, 2.45) is 0 Å². The molecule has 0 aliphatic carbocycles. The highest BCUT2D eigenvalue weighted by Gasteiger charge is 2.15. The molecule has 0 radical (unpaired) electrons. The summed E-state index contributed by atoms with van der Waals surface area (Å²) >= 11 is 20.2. The third-order valence-corrected chi connectivity index (χ3v) is 5.21. The first-order chi connectivity index (χ1) is 8.97. The minimum atomic E-state index is 0.156. The molecule has 1 rings (SSSR count). The summed E-state index contributed by atoms with van der Waals surface area (Å²) in [5.41, 5.74) is 0.992. The summed E-state index contributed by atoms with van der Waals surface area (Å²) in [6.45, 7) is 6.47. The molecule has 1 N–H and O–H groups in total.